The smallest absolute Gasteiger partial charge is 0.0991 e. The van der Waals surface area contributed by atoms with E-state index < -0.39 is 0 Å². The minimum absolute atomic E-state index is 0.279. The third-order valence-corrected chi connectivity index (χ3v) is 5.29. The van der Waals surface area contributed by atoms with Gasteiger partial charge in [0.25, 0.3) is 0 Å². The quantitative estimate of drug-likeness (QED) is 0.795. The molecular formula is C13H19Cl2NS. The molecular weight excluding hydrogens is 273 g/mol. The fourth-order valence-electron chi connectivity index (χ4n) is 2.73. The standard InChI is InChI=1S/C13H19Cl2NS/c1-8(10-5-3-4-6-10)16-9(2)11-7-12(14)17-13(11)15/h7-10,16H,3-6H2,1-2H3. The molecule has 0 radical (unpaired) electrons. The molecule has 4 heteroatoms. The van der Waals surface area contributed by atoms with Crippen molar-refractivity contribution in [3.63, 3.8) is 0 Å². The number of rotatable bonds is 4. The average molecular weight is 292 g/mol. The maximum atomic E-state index is 6.18. The van der Waals surface area contributed by atoms with Gasteiger partial charge in [-0.2, -0.15) is 0 Å². The van der Waals surface area contributed by atoms with E-state index in [1.165, 1.54) is 37.0 Å². The molecule has 0 saturated heterocycles. The molecule has 1 fully saturated rings. The summed E-state index contributed by atoms with van der Waals surface area (Å²) in [5.74, 6) is 0.824. The predicted molar refractivity (Wildman–Crippen MR) is 77.3 cm³/mol. The molecule has 1 N–H and O–H groups in total. The second-order valence-corrected chi connectivity index (χ2v) is 7.29. The highest BCUT2D eigenvalue weighted by atomic mass is 35.5. The molecule has 0 aliphatic heterocycles. The Morgan fingerprint density at radius 1 is 1.29 bits per heavy atom. The fourth-order valence-corrected chi connectivity index (χ4v) is 4.37. The second-order valence-electron chi connectivity index (χ2n) is 5.00. The van der Waals surface area contributed by atoms with Gasteiger partial charge in [-0.3, -0.25) is 0 Å². The number of nitrogens with one attached hydrogen (secondary N) is 1. The zero-order valence-electron chi connectivity index (χ0n) is 10.3. The first kappa shape index (κ1) is 13.7. The van der Waals surface area contributed by atoms with Crippen molar-refractivity contribution in [2.45, 2.75) is 51.6 Å². The van der Waals surface area contributed by atoms with Crippen molar-refractivity contribution in [2.24, 2.45) is 5.92 Å². The summed E-state index contributed by atoms with van der Waals surface area (Å²) in [5, 5.41) is 3.66. The Morgan fingerprint density at radius 2 is 1.94 bits per heavy atom. The van der Waals surface area contributed by atoms with Gasteiger partial charge in [-0.1, -0.05) is 36.0 Å². The van der Waals surface area contributed by atoms with E-state index >= 15 is 0 Å². The highest BCUT2D eigenvalue weighted by molar-refractivity contribution is 7.20. The lowest BCUT2D eigenvalue weighted by atomic mass is 9.98. The van der Waals surface area contributed by atoms with Crippen LogP contribution in [0.3, 0.4) is 0 Å². The SMILES string of the molecule is CC(NC(C)C1CCCC1)c1cc(Cl)sc1Cl. The van der Waals surface area contributed by atoms with Crippen LogP contribution in [0.1, 0.15) is 51.1 Å². The van der Waals surface area contributed by atoms with Gasteiger partial charge in [0, 0.05) is 12.1 Å². The lowest BCUT2D eigenvalue weighted by molar-refractivity contribution is 0.353. The predicted octanol–water partition coefficient (Wildman–Crippen LogP) is 5.28. The molecule has 1 aliphatic carbocycles. The van der Waals surface area contributed by atoms with E-state index in [0.717, 1.165) is 20.2 Å². The highest BCUT2D eigenvalue weighted by Gasteiger charge is 2.23. The topological polar surface area (TPSA) is 12.0 Å². The lowest BCUT2D eigenvalue weighted by Crippen LogP contribution is -2.34. The first-order valence-corrected chi connectivity index (χ1v) is 7.86. The maximum absolute atomic E-state index is 6.18. The molecule has 1 nitrogen and oxygen atoms in total. The fraction of sp³-hybridized carbons (Fsp3) is 0.692. The lowest BCUT2D eigenvalue weighted by Gasteiger charge is -2.24. The van der Waals surface area contributed by atoms with Crippen LogP contribution in [0, 0.1) is 5.92 Å². The summed E-state index contributed by atoms with van der Waals surface area (Å²) >= 11 is 13.6. The van der Waals surface area contributed by atoms with Crippen molar-refractivity contribution in [2.75, 3.05) is 0 Å². The summed E-state index contributed by atoms with van der Waals surface area (Å²) < 4.78 is 1.58. The molecule has 2 atom stereocenters. The normalized spacial score (nSPS) is 20.7. The highest BCUT2D eigenvalue weighted by Crippen LogP contribution is 2.36. The Kier molecular flexibility index (Phi) is 4.76. The molecule has 2 rings (SSSR count). The van der Waals surface area contributed by atoms with E-state index in [1.807, 2.05) is 6.07 Å². The molecule has 1 aromatic rings. The van der Waals surface area contributed by atoms with Gasteiger partial charge < -0.3 is 5.32 Å². The van der Waals surface area contributed by atoms with E-state index in [0.29, 0.717) is 6.04 Å². The summed E-state index contributed by atoms with van der Waals surface area (Å²) in [6, 6.07) is 2.82. The minimum Gasteiger partial charge on any atom is -0.307 e. The van der Waals surface area contributed by atoms with Crippen molar-refractivity contribution in [1.82, 2.24) is 5.32 Å². The van der Waals surface area contributed by atoms with Crippen LogP contribution in [0.4, 0.5) is 0 Å². The summed E-state index contributed by atoms with van der Waals surface area (Å²) in [4.78, 5) is 0. The van der Waals surface area contributed by atoms with Crippen LogP contribution in [0.5, 0.6) is 0 Å². The molecule has 17 heavy (non-hydrogen) atoms. The summed E-state index contributed by atoms with van der Waals surface area (Å²) in [5.41, 5.74) is 1.13. The van der Waals surface area contributed by atoms with E-state index in [4.69, 9.17) is 23.2 Å². The van der Waals surface area contributed by atoms with E-state index in [1.54, 1.807) is 0 Å². The molecule has 1 heterocycles. The van der Waals surface area contributed by atoms with Crippen LogP contribution in [-0.2, 0) is 0 Å². The molecule has 1 aliphatic rings. The Labute approximate surface area is 118 Å². The van der Waals surface area contributed by atoms with Crippen LogP contribution < -0.4 is 5.32 Å². The molecule has 0 bridgehead atoms. The van der Waals surface area contributed by atoms with E-state index in [9.17, 15) is 0 Å². The number of halogens is 2. The first-order valence-electron chi connectivity index (χ1n) is 6.28. The first-order chi connectivity index (χ1) is 8.08. The Hall–Kier alpha value is 0.240. The van der Waals surface area contributed by atoms with Crippen molar-refractivity contribution in [3.8, 4) is 0 Å². The zero-order chi connectivity index (χ0) is 12.4. The second kappa shape index (κ2) is 5.92. The van der Waals surface area contributed by atoms with Crippen molar-refractivity contribution in [1.29, 1.82) is 0 Å². The van der Waals surface area contributed by atoms with Crippen molar-refractivity contribution < 1.29 is 0 Å². The van der Waals surface area contributed by atoms with E-state index in [2.05, 4.69) is 19.2 Å². The molecule has 2 unspecified atom stereocenters. The molecule has 0 spiro atoms. The largest absolute Gasteiger partial charge is 0.307 e. The monoisotopic (exact) mass is 291 g/mol. The minimum atomic E-state index is 0.279. The molecule has 1 saturated carbocycles. The Bertz CT molecular complexity index is 371. The van der Waals surface area contributed by atoms with Gasteiger partial charge >= 0.3 is 0 Å². The average Bonchev–Trinajstić information content (AvgIpc) is 2.87. The summed E-state index contributed by atoms with van der Waals surface area (Å²) in [6.07, 6.45) is 5.49. The third kappa shape index (κ3) is 3.37. The Balaban J connectivity index is 1.96. The number of hydrogen-bond acceptors (Lipinski definition) is 2. The Morgan fingerprint density at radius 3 is 2.47 bits per heavy atom. The summed E-state index contributed by atoms with van der Waals surface area (Å²) in [7, 11) is 0. The number of hydrogen-bond donors (Lipinski definition) is 1. The van der Waals surface area contributed by atoms with Crippen LogP contribution in [0.2, 0.25) is 8.67 Å². The molecule has 0 amide bonds. The summed E-state index contributed by atoms with van der Waals surface area (Å²) in [6.45, 7) is 4.45. The van der Waals surface area contributed by atoms with Crippen LogP contribution >= 0.6 is 34.5 Å². The molecule has 96 valence electrons. The number of thiophene rings is 1. The molecule has 1 aromatic heterocycles. The van der Waals surface area contributed by atoms with Crippen LogP contribution in [0.25, 0.3) is 0 Å². The van der Waals surface area contributed by atoms with Crippen molar-refractivity contribution >= 4 is 34.5 Å². The van der Waals surface area contributed by atoms with Crippen LogP contribution in [0.15, 0.2) is 6.07 Å². The van der Waals surface area contributed by atoms with Gasteiger partial charge in [-0.05, 0) is 44.2 Å². The third-order valence-electron chi connectivity index (χ3n) is 3.77. The van der Waals surface area contributed by atoms with Crippen LogP contribution in [-0.4, -0.2) is 6.04 Å². The van der Waals surface area contributed by atoms with Gasteiger partial charge in [-0.25, -0.2) is 0 Å². The van der Waals surface area contributed by atoms with Gasteiger partial charge in [-0.15, -0.1) is 11.3 Å². The van der Waals surface area contributed by atoms with Crippen molar-refractivity contribution in [3.05, 3.63) is 20.3 Å². The van der Waals surface area contributed by atoms with E-state index in [-0.39, 0.29) is 6.04 Å². The van der Waals surface area contributed by atoms with Gasteiger partial charge in [0.15, 0.2) is 0 Å². The molecule has 0 aromatic carbocycles. The van der Waals surface area contributed by atoms with Gasteiger partial charge in [0.2, 0.25) is 0 Å². The van der Waals surface area contributed by atoms with Gasteiger partial charge in [0.05, 0.1) is 8.67 Å². The van der Waals surface area contributed by atoms with Gasteiger partial charge in [0.1, 0.15) is 0 Å². The zero-order valence-corrected chi connectivity index (χ0v) is 12.6. The maximum Gasteiger partial charge on any atom is 0.0991 e.